The maximum atomic E-state index is 8.07. The monoisotopic (exact) mass is 319 g/mol. The Kier molecular flexibility index (Phi) is 6.02. The summed E-state index contributed by atoms with van der Waals surface area (Å²) in [4.78, 5) is 0. The fourth-order valence-corrected chi connectivity index (χ4v) is 5.07. The van der Waals surface area contributed by atoms with Gasteiger partial charge in [-0.25, -0.2) is 0 Å². The molecule has 0 amide bonds. The molecule has 1 N–H and O–H groups in total. The quantitative estimate of drug-likeness (QED) is 0.483. The average Bonchev–Trinajstić information content (AvgIpc) is 2.47. The molecule has 0 aromatic heterocycles. The van der Waals surface area contributed by atoms with Crippen LogP contribution in [0.4, 0.5) is 0 Å². The van der Waals surface area contributed by atoms with Crippen LogP contribution in [0.5, 0.6) is 0 Å². The zero-order valence-corrected chi connectivity index (χ0v) is 15.2. The van der Waals surface area contributed by atoms with Crippen molar-refractivity contribution in [2.45, 2.75) is 62.9 Å². The van der Waals surface area contributed by atoms with E-state index in [-0.39, 0.29) is 11.1 Å². The molecule has 0 aromatic carbocycles. The van der Waals surface area contributed by atoms with E-state index in [1.165, 1.54) is 0 Å². The molecule has 2 unspecified atom stereocenters. The molecule has 22 heavy (non-hydrogen) atoms. The van der Waals surface area contributed by atoms with Crippen molar-refractivity contribution in [2.75, 3.05) is 19.8 Å². The van der Waals surface area contributed by atoms with E-state index in [2.05, 4.69) is 43.6 Å². The van der Waals surface area contributed by atoms with Gasteiger partial charge in [0.25, 0.3) is 0 Å². The van der Waals surface area contributed by atoms with Crippen molar-refractivity contribution in [3.63, 3.8) is 0 Å². The third-order valence-electron chi connectivity index (χ3n) is 4.83. The SMILES string of the molecule is C[Si](C)(C)C1(CC#CCCC2COCCO2)C=CCC(=N)C1. The molecular weight excluding hydrogens is 290 g/mol. The number of allylic oxidation sites excluding steroid dienone is 2. The summed E-state index contributed by atoms with van der Waals surface area (Å²) in [6, 6.07) is 0. The predicted molar refractivity (Wildman–Crippen MR) is 94.3 cm³/mol. The van der Waals surface area contributed by atoms with Crippen LogP contribution in [0.3, 0.4) is 0 Å². The van der Waals surface area contributed by atoms with Gasteiger partial charge in [0.1, 0.15) is 0 Å². The molecule has 0 bridgehead atoms. The molecule has 0 radical (unpaired) electrons. The van der Waals surface area contributed by atoms with Crippen molar-refractivity contribution in [3.05, 3.63) is 12.2 Å². The van der Waals surface area contributed by atoms with E-state index in [4.69, 9.17) is 14.9 Å². The normalized spacial score (nSPS) is 29.0. The topological polar surface area (TPSA) is 42.3 Å². The highest BCUT2D eigenvalue weighted by Crippen LogP contribution is 2.48. The molecule has 1 aliphatic carbocycles. The van der Waals surface area contributed by atoms with Gasteiger partial charge < -0.3 is 14.9 Å². The highest BCUT2D eigenvalue weighted by Gasteiger charge is 2.42. The van der Waals surface area contributed by atoms with Crippen molar-refractivity contribution in [1.82, 2.24) is 0 Å². The van der Waals surface area contributed by atoms with Gasteiger partial charge in [0, 0.05) is 25.0 Å². The van der Waals surface area contributed by atoms with Gasteiger partial charge in [-0.3, -0.25) is 0 Å². The maximum absolute atomic E-state index is 8.07. The van der Waals surface area contributed by atoms with Gasteiger partial charge in [-0.2, -0.15) is 0 Å². The second-order valence-corrected chi connectivity index (χ2v) is 12.9. The first-order valence-electron chi connectivity index (χ1n) is 8.32. The minimum Gasteiger partial charge on any atom is -0.376 e. The molecule has 0 aromatic rings. The number of nitrogens with one attached hydrogen (secondary N) is 1. The Labute approximate surface area is 136 Å². The highest BCUT2D eigenvalue weighted by molar-refractivity contribution is 6.80. The molecular formula is C18H29NO2Si. The van der Waals surface area contributed by atoms with Gasteiger partial charge in [0.15, 0.2) is 0 Å². The average molecular weight is 320 g/mol. The highest BCUT2D eigenvalue weighted by atomic mass is 28.3. The van der Waals surface area contributed by atoms with Gasteiger partial charge in [-0.05, 0) is 17.9 Å². The zero-order chi connectivity index (χ0) is 16.1. The lowest BCUT2D eigenvalue weighted by Gasteiger charge is -2.42. The third-order valence-corrected chi connectivity index (χ3v) is 8.34. The van der Waals surface area contributed by atoms with Crippen LogP contribution >= 0.6 is 0 Å². The van der Waals surface area contributed by atoms with Gasteiger partial charge in [0.05, 0.1) is 34.0 Å². The van der Waals surface area contributed by atoms with E-state index in [9.17, 15) is 0 Å². The Morgan fingerprint density at radius 3 is 2.77 bits per heavy atom. The lowest BCUT2D eigenvalue weighted by molar-refractivity contribution is -0.0899. The van der Waals surface area contributed by atoms with Crippen molar-refractivity contribution in [3.8, 4) is 11.8 Å². The van der Waals surface area contributed by atoms with Crippen LogP contribution in [0.15, 0.2) is 12.2 Å². The van der Waals surface area contributed by atoms with Gasteiger partial charge in [-0.1, -0.05) is 31.8 Å². The van der Waals surface area contributed by atoms with Crippen LogP contribution in [-0.4, -0.2) is 39.7 Å². The minimum absolute atomic E-state index is 0.139. The number of ether oxygens (including phenoxy) is 2. The Morgan fingerprint density at radius 1 is 1.32 bits per heavy atom. The third kappa shape index (κ3) is 4.55. The van der Waals surface area contributed by atoms with Crippen LogP contribution in [0.25, 0.3) is 0 Å². The number of rotatable bonds is 4. The fourth-order valence-electron chi connectivity index (χ4n) is 3.09. The van der Waals surface area contributed by atoms with Crippen molar-refractivity contribution in [2.24, 2.45) is 0 Å². The Balaban J connectivity index is 1.89. The second kappa shape index (κ2) is 7.59. The molecule has 0 spiro atoms. The molecule has 2 atom stereocenters. The summed E-state index contributed by atoms with van der Waals surface area (Å²) in [6.07, 6.45) is 9.20. The second-order valence-electron chi connectivity index (χ2n) is 7.43. The fraction of sp³-hybridized carbons (Fsp3) is 0.722. The molecule has 3 nitrogen and oxygen atoms in total. The minimum atomic E-state index is -1.42. The molecule has 2 rings (SSSR count). The molecule has 0 saturated carbocycles. The first-order valence-corrected chi connectivity index (χ1v) is 11.8. The van der Waals surface area contributed by atoms with Crippen LogP contribution in [0.2, 0.25) is 24.7 Å². The summed E-state index contributed by atoms with van der Waals surface area (Å²) in [5, 5.41) is 8.21. The van der Waals surface area contributed by atoms with Gasteiger partial charge in [0.2, 0.25) is 0 Å². The number of hydrogen-bond acceptors (Lipinski definition) is 3. The smallest absolute Gasteiger partial charge is 0.0818 e. The van der Waals surface area contributed by atoms with Gasteiger partial charge in [-0.15, -0.1) is 11.8 Å². The van der Waals surface area contributed by atoms with E-state index in [1.54, 1.807) is 0 Å². The maximum Gasteiger partial charge on any atom is 0.0818 e. The molecule has 1 fully saturated rings. The first kappa shape index (κ1) is 17.5. The summed E-state index contributed by atoms with van der Waals surface area (Å²) in [7, 11) is -1.42. The van der Waals surface area contributed by atoms with E-state index >= 15 is 0 Å². The van der Waals surface area contributed by atoms with Crippen LogP contribution < -0.4 is 0 Å². The lowest BCUT2D eigenvalue weighted by Crippen LogP contribution is -2.40. The molecule has 1 saturated heterocycles. The largest absolute Gasteiger partial charge is 0.376 e. The first-order chi connectivity index (χ1) is 10.4. The Hall–Kier alpha value is -0.893. The summed E-state index contributed by atoms with van der Waals surface area (Å²) in [6.45, 7) is 9.32. The van der Waals surface area contributed by atoms with E-state index < -0.39 is 8.07 Å². The number of hydrogen-bond donors (Lipinski definition) is 1. The predicted octanol–water partition coefficient (Wildman–Crippen LogP) is 4.02. The van der Waals surface area contributed by atoms with Gasteiger partial charge >= 0.3 is 0 Å². The Bertz CT molecular complexity index is 478. The van der Waals surface area contributed by atoms with E-state index in [0.717, 1.165) is 44.4 Å². The summed E-state index contributed by atoms with van der Waals surface area (Å²) in [5.41, 5.74) is 0.861. The lowest BCUT2D eigenvalue weighted by atomic mass is 9.90. The van der Waals surface area contributed by atoms with Crippen molar-refractivity contribution >= 4 is 13.8 Å². The van der Waals surface area contributed by atoms with Crippen LogP contribution in [0.1, 0.15) is 32.1 Å². The molecule has 1 heterocycles. The molecule has 1 aliphatic heterocycles. The summed E-state index contributed by atoms with van der Waals surface area (Å²) < 4.78 is 11.0. The molecule has 122 valence electrons. The summed E-state index contributed by atoms with van der Waals surface area (Å²) in [5.74, 6) is 6.73. The van der Waals surface area contributed by atoms with Crippen molar-refractivity contribution in [1.29, 1.82) is 5.41 Å². The van der Waals surface area contributed by atoms with E-state index in [0.29, 0.717) is 13.2 Å². The van der Waals surface area contributed by atoms with Crippen molar-refractivity contribution < 1.29 is 9.47 Å². The molecule has 2 aliphatic rings. The van der Waals surface area contributed by atoms with E-state index in [1.807, 2.05) is 0 Å². The van der Waals surface area contributed by atoms with Crippen LogP contribution in [-0.2, 0) is 9.47 Å². The standard InChI is InChI=1S/C18H29NO2Si/c1-22(2,3)18(11-7-8-16(19)14-18)10-6-4-5-9-17-15-20-12-13-21-17/h7,11,17,19H,5,8-10,12-15H2,1-3H3. The molecule has 4 heteroatoms. The Morgan fingerprint density at radius 2 is 2.14 bits per heavy atom. The zero-order valence-electron chi connectivity index (χ0n) is 14.2. The van der Waals surface area contributed by atoms with Crippen LogP contribution in [0, 0.1) is 17.3 Å². The summed E-state index contributed by atoms with van der Waals surface area (Å²) >= 11 is 0.